The van der Waals surface area contributed by atoms with Crippen molar-refractivity contribution in [1.82, 2.24) is 5.32 Å². The van der Waals surface area contributed by atoms with Crippen molar-refractivity contribution in [3.05, 3.63) is 0 Å². The van der Waals surface area contributed by atoms with Gasteiger partial charge >= 0.3 is 6.09 Å². The van der Waals surface area contributed by atoms with E-state index in [2.05, 4.69) is 5.32 Å². The summed E-state index contributed by atoms with van der Waals surface area (Å²) in [7, 11) is 0. The van der Waals surface area contributed by atoms with Crippen molar-refractivity contribution in [1.29, 1.82) is 0 Å². The molecular formula is C13H26N2O2. The van der Waals surface area contributed by atoms with Gasteiger partial charge in [0.2, 0.25) is 0 Å². The lowest BCUT2D eigenvalue weighted by Crippen LogP contribution is -2.34. The zero-order valence-corrected chi connectivity index (χ0v) is 11.3. The van der Waals surface area contributed by atoms with Crippen molar-refractivity contribution in [2.24, 2.45) is 11.7 Å². The first kappa shape index (κ1) is 14.3. The highest BCUT2D eigenvalue weighted by molar-refractivity contribution is 5.67. The van der Waals surface area contributed by atoms with E-state index in [4.69, 9.17) is 10.5 Å². The van der Waals surface area contributed by atoms with E-state index in [9.17, 15) is 4.79 Å². The van der Waals surface area contributed by atoms with Crippen LogP contribution in [0.25, 0.3) is 0 Å². The number of nitrogens with two attached hydrogens (primary N) is 1. The molecule has 1 saturated carbocycles. The minimum absolute atomic E-state index is 0.315. The fraction of sp³-hybridized carbons (Fsp3) is 0.923. The zero-order chi connectivity index (χ0) is 12.9. The maximum Gasteiger partial charge on any atom is 0.407 e. The van der Waals surface area contributed by atoms with Crippen LogP contribution in [0, 0.1) is 5.92 Å². The molecule has 1 amide bonds. The molecule has 0 spiro atoms. The second-order valence-electron chi connectivity index (χ2n) is 6.00. The van der Waals surface area contributed by atoms with Crippen molar-refractivity contribution in [2.75, 3.05) is 6.54 Å². The van der Waals surface area contributed by atoms with E-state index in [-0.39, 0.29) is 6.09 Å². The van der Waals surface area contributed by atoms with E-state index in [0.29, 0.717) is 18.5 Å². The van der Waals surface area contributed by atoms with Crippen LogP contribution < -0.4 is 11.1 Å². The highest BCUT2D eigenvalue weighted by Crippen LogP contribution is 2.25. The number of carbonyl (C=O) groups excluding carboxylic acids is 1. The zero-order valence-electron chi connectivity index (χ0n) is 11.3. The monoisotopic (exact) mass is 242 g/mol. The predicted molar refractivity (Wildman–Crippen MR) is 68.8 cm³/mol. The van der Waals surface area contributed by atoms with E-state index < -0.39 is 5.60 Å². The Morgan fingerprint density at radius 3 is 2.41 bits per heavy atom. The number of hydrogen-bond donors (Lipinski definition) is 2. The fourth-order valence-electron chi connectivity index (χ4n) is 2.17. The summed E-state index contributed by atoms with van der Waals surface area (Å²) >= 11 is 0. The van der Waals surface area contributed by atoms with Crippen LogP contribution in [0.15, 0.2) is 0 Å². The third-order valence-electron chi connectivity index (χ3n) is 3.11. The third-order valence-corrected chi connectivity index (χ3v) is 3.11. The largest absolute Gasteiger partial charge is 0.444 e. The Bertz CT molecular complexity index is 240. The molecule has 0 unspecified atom stereocenters. The van der Waals surface area contributed by atoms with Crippen LogP contribution >= 0.6 is 0 Å². The van der Waals surface area contributed by atoms with Crippen LogP contribution in [-0.2, 0) is 4.74 Å². The van der Waals surface area contributed by atoms with Gasteiger partial charge in [0.1, 0.15) is 5.60 Å². The lowest BCUT2D eigenvalue weighted by atomic mass is 9.84. The number of nitrogens with one attached hydrogen (secondary N) is 1. The second-order valence-corrected chi connectivity index (χ2v) is 6.00. The maximum atomic E-state index is 11.4. The van der Waals surface area contributed by atoms with Gasteiger partial charge in [-0.05, 0) is 58.8 Å². The van der Waals surface area contributed by atoms with Gasteiger partial charge in [-0.3, -0.25) is 0 Å². The number of hydrogen-bond acceptors (Lipinski definition) is 3. The first-order chi connectivity index (χ1) is 7.87. The maximum absolute atomic E-state index is 11.4. The van der Waals surface area contributed by atoms with E-state index in [1.54, 1.807) is 0 Å². The molecule has 1 fully saturated rings. The van der Waals surface area contributed by atoms with Gasteiger partial charge in [-0.25, -0.2) is 4.79 Å². The smallest absolute Gasteiger partial charge is 0.407 e. The molecule has 0 bridgehead atoms. The van der Waals surface area contributed by atoms with Gasteiger partial charge in [0.05, 0.1) is 0 Å². The first-order valence-electron chi connectivity index (χ1n) is 6.59. The van der Waals surface area contributed by atoms with Crippen LogP contribution in [0.3, 0.4) is 0 Å². The van der Waals surface area contributed by atoms with Crippen molar-refractivity contribution in [2.45, 2.75) is 64.5 Å². The molecule has 4 heteroatoms. The van der Waals surface area contributed by atoms with Gasteiger partial charge in [-0.15, -0.1) is 0 Å². The molecule has 0 aliphatic heterocycles. The average molecular weight is 242 g/mol. The molecule has 0 aromatic carbocycles. The summed E-state index contributed by atoms with van der Waals surface area (Å²) in [4.78, 5) is 11.4. The third kappa shape index (κ3) is 6.51. The number of alkyl carbamates (subject to hydrolysis) is 1. The lowest BCUT2D eigenvalue weighted by molar-refractivity contribution is 0.0523. The van der Waals surface area contributed by atoms with Gasteiger partial charge in [-0.2, -0.15) is 0 Å². The van der Waals surface area contributed by atoms with E-state index in [1.807, 2.05) is 20.8 Å². The topological polar surface area (TPSA) is 64.3 Å². The molecule has 0 aromatic heterocycles. The van der Waals surface area contributed by atoms with Gasteiger partial charge in [0.25, 0.3) is 0 Å². The van der Waals surface area contributed by atoms with Gasteiger partial charge in [-0.1, -0.05) is 0 Å². The highest BCUT2D eigenvalue weighted by atomic mass is 16.6. The van der Waals surface area contributed by atoms with Crippen LogP contribution in [0.4, 0.5) is 4.79 Å². The quantitative estimate of drug-likeness (QED) is 0.799. The van der Waals surface area contributed by atoms with Crippen molar-refractivity contribution in [3.63, 3.8) is 0 Å². The summed E-state index contributed by atoms with van der Waals surface area (Å²) in [5.41, 5.74) is 5.44. The summed E-state index contributed by atoms with van der Waals surface area (Å²) in [5.74, 6) is 0.713. The molecule has 0 radical (unpaired) electrons. The molecule has 1 aliphatic carbocycles. The van der Waals surface area contributed by atoms with Crippen molar-refractivity contribution >= 4 is 6.09 Å². The molecule has 0 atom stereocenters. The van der Waals surface area contributed by atoms with Crippen LogP contribution in [0.5, 0.6) is 0 Å². The van der Waals surface area contributed by atoms with Crippen LogP contribution in [0.1, 0.15) is 52.9 Å². The molecule has 3 N–H and O–H groups in total. The molecule has 1 aliphatic rings. The summed E-state index contributed by atoms with van der Waals surface area (Å²) in [6, 6.07) is 0.394. The van der Waals surface area contributed by atoms with Crippen molar-refractivity contribution in [3.8, 4) is 0 Å². The fourth-order valence-corrected chi connectivity index (χ4v) is 2.17. The second kappa shape index (κ2) is 6.24. The minimum atomic E-state index is -0.415. The SMILES string of the molecule is CC(C)(C)OC(=O)NCCC1CCC(N)CC1. The van der Waals surface area contributed by atoms with E-state index in [0.717, 1.165) is 19.3 Å². The van der Waals surface area contributed by atoms with Crippen LogP contribution in [-0.4, -0.2) is 24.3 Å². The summed E-state index contributed by atoms with van der Waals surface area (Å²) in [6.45, 7) is 6.31. The summed E-state index contributed by atoms with van der Waals surface area (Å²) in [5, 5.41) is 2.81. The number of amides is 1. The Morgan fingerprint density at radius 1 is 1.29 bits per heavy atom. The van der Waals surface area contributed by atoms with Gasteiger partial charge in [0.15, 0.2) is 0 Å². The normalized spacial score (nSPS) is 25.4. The molecule has 0 aromatic rings. The molecular weight excluding hydrogens is 216 g/mol. The lowest BCUT2D eigenvalue weighted by Gasteiger charge is -2.26. The van der Waals surface area contributed by atoms with Crippen LogP contribution in [0.2, 0.25) is 0 Å². The Hall–Kier alpha value is -0.770. The molecule has 4 nitrogen and oxygen atoms in total. The van der Waals surface area contributed by atoms with Gasteiger partial charge < -0.3 is 15.8 Å². The van der Waals surface area contributed by atoms with E-state index >= 15 is 0 Å². The first-order valence-corrected chi connectivity index (χ1v) is 6.59. The number of carbonyl (C=O) groups is 1. The molecule has 100 valence electrons. The number of rotatable bonds is 3. The molecule has 0 saturated heterocycles. The number of ether oxygens (including phenoxy) is 1. The van der Waals surface area contributed by atoms with Gasteiger partial charge in [0, 0.05) is 12.6 Å². The van der Waals surface area contributed by atoms with E-state index in [1.165, 1.54) is 12.8 Å². The molecule has 0 heterocycles. The molecule has 1 rings (SSSR count). The standard InChI is InChI=1S/C13H26N2O2/c1-13(2,3)17-12(16)15-9-8-10-4-6-11(14)7-5-10/h10-11H,4-9,14H2,1-3H3,(H,15,16). The Kier molecular flexibility index (Phi) is 5.25. The summed E-state index contributed by atoms with van der Waals surface area (Å²) in [6.07, 6.45) is 5.35. The Labute approximate surface area is 104 Å². The summed E-state index contributed by atoms with van der Waals surface area (Å²) < 4.78 is 5.17. The molecule has 17 heavy (non-hydrogen) atoms. The Morgan fingerprint density at radius 2 is 1.88 bits per heavy atom. The predicted octanol–water partition coefficient (Wildman–Crippen LogP) is 2.42. The Balaban J connectivity index is 2.09. The average Bonchev–Trinajstić information content (AvgIpc) is 2.18. The highest BCUT2D eigenvalue weighted by Gasteiger charge is 2.19. The minimum Gasteiger partial charge on any atom is -0.444 e. The van der Waals surface area contributed by atoms with Crippen molar-refractivity contribution < 1.29 is 9.53 Å².